The zero-order valence-corrected chi connectivity index (χ0v) is 8.60. The van der Waals surface area contributed by atoms with Gasteiger partial charge in [-0.05, 0) is 18.6 Å². The van der Waals surface area contributed by atoms with Crippen LogP contribution in [0.3, 0.4) is 0 Å². The van der Waals surface area contributed by atoms with Crippen LogP contribution in [0.2, 0.25) is 0 Å². The number of pyridine rings is 1. The van der Waals surface area contributed by atoms with E-state index in [0.717, 1.165) is 0 Å². The van der Waals surface area contributed by atoms with Gasteiger partial charge in [-0.1, -0.05) is 6.92 Å². The fourth-order valence-electron chi connectivity index (χ4n) is 1.08. The van der Waals surface area contributed by atoms with Crippen molar-refractivity contribution >= 4 is 11.6 Å². The first-order valence-electron chi connectivity index (χ1n) is 4.80. The third-order valence-electron chi connectivity index (χ3n) is 2.07. The van der Waals surface area contributed by atoms with Crippen molar-refractivity contribution in [3.8, 4) is 0 Å². The number of aliphatic hydroxyl groups excluding tert-OH is 1. The van der Waals surface area contributed by atoms with Gasteiger partial charge in [-0.25, -0.2) is 4.98 Å². The quantitative estimate of drug-likeness (QED) is 0.659. The molecular weight excluding hydrogens is 194 g/mol. The number of carbonyl (C=O) groups is 1. The van der Waals surface area contributed by atoms with Crippen LogP contribution < -0.4 is 11.1 Å². The lowest BCUT2D eigenvalue weighted by Crippen LogP contribution is -2.37. The van der Waals surface area contributed by atoms with Crippen molar-refractivity contribution in [3.63, 3.8) is 0 Å². The molecule has 0 aliphatic carbocycles. The maximum atomic E-state index is 11.6. The average molecular weight is 209 g/mol. The molecule has 0 saturated heterocycles. The molecule has 1 aromatic rings. The minimum Gasteiger partial charge on any atom is -0.397 e. The molecule has 0 unspecified atom stereocenters. The molecule has 15 heavy (non-hydrogen) atoms. The first-order valence-corrected chi connectivity index (χ1v) is 4.80. The second-order valence-corrected chi connectivity index (χ2v) is 3.24. The monoisotopic (exact) mass is 209 g/mol. The first-order chi connectivity index (χ1) is 7.17. The van der Waals surface area contributed by atoms with Gasteiger partial charge in [0.25, 0.3) is 5.91 Å². The third-order valence-corrected chi connectivity index (χ3v) is 2.07. The fourth-order valence-corrected chi connectivity index (χ4v) is 1.08. The third kappa shape index (κ3) is 3.21. The molecule has 0 saturated carbocycles. The number of aromatic nitrogens is 1. The number of nitrogens with zero attached hydrogens (tertiary/aromatic N) is 1. The molecule has 0 aliphatic rings. The van der Waals surface area contributed by atoms with Crippen LogP contribution in [0.4, 0.5) is 5.69 Å². The van der Waals surface area contributed by atoms with Crippen LogP contribution in [0.25, 0.3) is 0 Å². The second kappa shape index (κ2) is 5.31. The average Bonchev–Trinajstić information content (AvgIpc) is 2.26. The smallest absolute Gasteiger partial charge is 0.270 e. The van der Waals surface area contributed by atoms with E-state index in [0.29, 0.717) is 17.8 Å². The van der Waals surface area contributed by atoms with E-state index < -0.39 is 0 Å². The number of aliphatic hydroxyl groups is 1. The molecule has 1 amide bonds. The molecular formula is C10H15N3O2. The van der Waals surface area contributed by atoms with Crippen molar-refractivity contribution in [1.82, 2.24) is 10.3 Å². The molecule has 0 bridgehead atoms. The summed E-state index contributed by atoms with van der Waals surface area (Å²) in [6, 6.07) is 2.94. The molecule has 1 aromatic heterocycles. The summed E-state index contributed by atoms with van der Waals surface area (Å²) in [6.45, 7) is 1.81. The Balaban J connectivity index is 2.64. The summed E-state index contributed by atoms with van der Waals surface area (Å²) >= 11 is 0. The van der Waals surface area contributed by atoms with Gasteiger partial charge in [0.15, 0.2) is 0 Å². The molecule has 0 aliphatic heterocycles. The largest absolute Gasteiger partial charge is 0.397 e. The molecule has 1 rings (SSSR count). The van der Waals surface area contributed by atoms with Crippen LogP contribution in [0.15, 0.2) is 18.3 Å². The Morgan fingerprint density at radius 1 is 1.67 bits per heavy atom. The van der Waals surface area contributed by atoms with Crippen molar-refractivity contribution in [3.05, 3.63) is 24.0 Å². The van der Waals surface area contributed by atoms with E-state index in [1.54, 1.807) is 12.1 Å². The zero-order chi connectivity index (χ0) is 11.3. The highest BCUT2D eigenvalue weighted by atomic mass is 16.3. The molecule has 0 aromatic carbocycles. The topological polar surface area (TPSA) is 88.2 Å². The summed E-state index contributed by atoms with van der Waals surface area (Å²) in [5.74, 6) is -0.295. The van der Waals surface area contributed by atoms with Gasteiger partial charge in [-0.2, -0.15) is 0 Å². The standard InChI is InChI=1S/C10H15N3O2/c1-2-8(6-14)13-10(15)9-4-3-7(11)5-12-9/h3-5,8,14H,2,6,11H2,1H3,(H,13,15)/t8-/m1/s1. The highest BCUT2D eigenvalue weighted by Gasteiger charge is 2.11. The van der Waals surface area contributed by atoms with Gasteiger partial charge >= 0.3 is 0 Å². The van der Waals surface area contributed by atoms with Gasteiger partial charge in [-0.15, -0.1) is 0 Å². The SMILES string of the molecule is CC[C@H](CO)NC(=O)c1ccc(N)cn1. The Bertz CT molecular complexity index is 320. The Kier molecular flexibility index (Phi) is 4.05. The van der Waals surface area contributed by atoms with Crippen molar-refractivity contribution < 1.29 is 9.90 Å². The molecule has 0 fully saturated rings. The molecule has 0 radical (unpaired) electrons. The van der Waals surface area contributed by atoms with Crippen LogP contribution in [-0.2, 0) is 0 Å². The normalized spacial score (nSPS) is 12.1. The zero-order valence-electron chi connectivity index (χ0n) is 8.60. The number of rotatable bonds is 4. The number of nitrogens with one attached hydrogen (secondary N) is 1. The van der Waals surface area contributed by atoms with E-state index in [2.05, 4.69) is 10.3 Å². The Labute approximate surface area is 88.3 Å². The van der Waals surface area contributed by atoms with Crippen molar-refractivity contribution in [2.75, 3.05) is 12.3 Å². The minimum absolute atomic E-state index is 0.0722. The van der Waals surface area contributed by atoms with E-state index >= 15 is 0 Å². The number of nitrogen functional groups attached to an aromatic ring is 1. The Morgan fingerprint density at radius 3 is 2.87 bits per heavy atom. The van der Waals surface area contributed by atoms with Gasteiger partial charge in [0, 0.05) is 0 Å². The highest BCUT2D eigenvalue weighted by Crippen LogP contribution is 2.01. The van der Waals surface area contributed by atoms with Crippen LogP contribution >= 0.6 is 0 Å². The van der Waals surface area contributed by atoms with E-state index in [4.69, 9.17) is 10.8 Å². The summed E-state index contributed by atoms with van der Waals surface area (Å²) in [4.78, 5) is 15.4. The van der Waals surface area contributed by atoms with Crippen LogP contribution in [0.1, 0.15) is 23.8 Å². The predicted molar refractivity (Wildman–Crippen MR) is 57.3 cm³/mol. The van der Waals surface area contributed by atoms with Gasteiger partial charge in [-0.3, -0.25) is 4.79 Å². The Hall–Kier alpha value is -1.62. The number of carbonyl (C=O) groups excluding carboxylic acids is 1. The summed E-state index contributed by atoms with van der Waals surface area (Å²) in [6.07, 6.45) is 2.10. The molecule has 5 heteroatoms. The number of hydrogen-bond donors (Lipinski definition) is 3. The summed E-state index contributed by atoms with van der Waals surface area (Å²) in [5.41, 5.74) is 6.26. The van der Waals surface area contributed by atoms with Crippen LogP contribution in [0.5, 0.6) is 0 Å². The van der Waals surface area contributed by atoms with Gasteiger partial charge in [0.05, 0.1) is 24.5 Å². The van der Waals surface area contributed by atoms with Crippen molar-refractivity contribution in [2.24, 2.45) is 0 Å². The highest BCUT2D eigenvalue weighted by molar-refractivity contribution is 5.92. The predicted octanol–water partition coefficient (Wildman–Crippen LogP) is 0.164. The number of anilines is 1. The van der Waals surface area contributed by atoms with Crippen LogP contribution in [-0.4, -0.2) is 28.6 Å². The van der Waals surface area contributed by atoms with Gasteiger partial charge in [0.1, 0.15) is 5.69 Å². The van der Waals surface area contributed by atoms with Crippen molar-refractivity contribution in [2.45, 2.75) is 19.4 Å². The van der Waals surface area contributed by atoms with E-state index in [9.17, 15) is 4.79 Å². The van der Waals surface area contributed by atoms with Crippen molar-refractivity contribution in [1.29, 1.82) is 0 Å². The Morgan fingerprint density at radius 2 is 2.40 bits per heavy atom. The minimum atomic E-state index is -0.295. The summed E-state index contributed by atoms with van der Waals surface area (Å²) in [5, 5.41) is 11.6. The summed E-state index contributed by atoms with van der Waals surface area (Å²) in [7, 11) is 0. The molecule has 1 atom stereocenters. The number of nitrogens with two attached hydrogens (primary N) is 1. The first kappa shape index (κ1) is 11.5. The lowest BCUT2D eigenvalue weighted by Gasteiger charge is -2.13. The number of hydrogen-bond acceptors (Lipinski definition) is 4. The molecule has 0 spiro atoms. The van der Waals surface area contributed by atoms with Gasteiger partial charge in [0.2, 0.25) is 0 Å². The number of amides is 1. The van der Waals surface area contributed by atoms with E-state index in [1.807, 2.05) is 6.92 Å². The maximum absolute atomic E-state index is 11.6. The lowest BCUT2D eigenvalue weighted by molar-refractivity contribution is 0.0910. The van der Waals surface area contributed by atoms with Gasteiger partial charge < -0.3 is 16.2 Å². The van der Waals surface area contributed by atoms with E-state index in [-0.39, 0.29) is 18.6 Å². The fraction of sp³-hybridized carbons (Fsp3) is 0.400. The summed E-state index contributed by atoms with van der Waals surface area (Å²) < 4.78 is 0. The molecule has 82 valence electrons. The van der Waals surface area contributed by atoms with Crippen LogP contribution in [0, 0.1) is 0 Å². The lowest BCUT2D eigenvalue weighted by atomic mass is 10.2. The second-order valence-electron chi connectivity index (χ2n) is 3.24. The molecule has 5 nitrogen and oxygen atoms in total. The maximum Gasteiger partial charge on any atom is 0.270 e. The molecule has 1 heterocycles. The molecule has 4 N–H and O–H groups in total. The van der Waals surface area contributed by atoms with E-state index in [1.165, 1.54) is 6.20 Å².